The summed E-state index contributed by atoms with van der Waals surface area (Å²) in [6.07, 6.45) is 2.19. The summed E-state index contributed by atoms with van der Waals surface area (Å²) in [7, 11) is 0. The first-order valence-electron chi connectivity index (χ1n) is 10.7. The molecule has 1 unspecified atom stereocenters. The summed E-state index contributed by atoms with van der Waals surface area (Å²) in [6, 6.07) is 7.54. The minimum Gasteiger partial charge on any atom is -0.376 e. The molecule has 6 N–H and O–H groups in total. The third-order valence-electron chi connectivity index (χ3n) is 6.26. The summed E-state index contributed by atoms with van der Waals surface area (Å²) in [5, 5.41) is 6.79. The molecular weight excluding hydrogens is 384 g/mol. The quantitative estimate of drug-likeness (QED) is 0.468. The molecule has 3 heterocycles. The molecule has 30 heavy (non-hydrogen) atoms. The summed E-state index contributed by atoms with van der Waals surface area (Å²) in [5.74, 6) is -0.0989. The molecule has 3 aliphatic rings. The zero-order chi connectivity index (χ0) is 21.1. The van der Waals surface area contributed by atoms with Crippen molar-refractivity contribution in [1.82, 2.24) is 20.4 Å². The van der Waals surface area contributed by atoms with Gasteiger partial charge in [0.2, 0.25) is 5.91 Å². The molecule has 0 aliphatic carbocycles. The van der Waals surface area contributed by atoms with Crippen molar-refractivity contribution in [2.75, 3.05) is 52.5 Å². The molecule has 9 nitrogen and oxygen atoms in total. The van der Waals surface area contributed by atoms with Gasteiger partial charge in [0.15, 0.2) is 0 Å². The van der Waals surface area contributed by atoms with Gasteiger partial charge in [0.05, 0.1) is 19.4 Å². The minimum atomic E-state index is -0.884. The van der Waals surface area contributed by atoms with Gasteiger partial charge in [0, 0.05) is 50.9 Å². The zero-order valence-corrected chi connectivity index (χ0v) is 17.3. The first-order valence-corrected chi connectivity index (χ1v) is 10.7. The molecule has 0 spiro atoms. The molecule has 3 aliphatic heterocycles. The van der Waals surface area contributed by atoms with Gasteiger partial charge in [-0.15, -0.1) is 0 Å². The Morgan fingerprint density at radius 2 is 1.67 bits per heavy atom. The average Bonchev–Trinajstić information content (AvgIpc) is 3.29. The van der Waals surface area contributed by atoms with E-state index >= 15 is 0 Å². The van der Waals surface area contributed by atoms with E-state index in [0.29, 0.717) is 37.9 Å². The monoisotopic (exact) mass is 416 g/mol. The lowest BCUT2D eigenvalue weighted by atomic mass is 9.96. The number of carbonyl (C=O) groups is 2. The molecule has 3 fully saturated rings. The molecule has 1 aromatic rings. The van der Waals surface area contributed by atoms with Crippen molar-refractivity contribution in [3.63, 3.8) is 0 Å². The van der Waals surface area contributed by atoms with Crippen molar-refractivity contribution < 1.29 is 14.3 Å². The van der Waals surface area contributed by atoms with Gasteiger partial charge in [-0.3, -0.25) is 9.59 Å². The highest BCUT2D eigenvalue weighted by molar-refractivity contribution is 5.94. The molecule has 0 saturated carbocycles. The number of carbonyl (C=O) groups excluding carboxylic acids is 2. The summed E-state index contributed by atoms with van der Waals surface area (Å²) >= 11 is 0. The topological polar surface area (TPSA) is 126 Å². The van der Waals surface area contributed by atoms with Crippen molar-refractivity contribution in [2.45, 2.75) is 30.6 Å². The van der Waals surface area contributed by atoms with E-state index in [1.54, 1.807) is 9.80 Å². The third-order valence-corrected chi connectivity index (χ3v) is 6.26. The van der Waals surface area contributed by atoms with E-state index < -0.39 is 5.54 Å². The van der Waals surface area contributed by atoms with Crippen LogP contribution in [0.25, 0.3) is 0 Å². The predicted octanol–water partition coefficient (Wildman–Crippen LogP) is -1.00. The first-order chi connectivity index (χ1) is 14.5. The van der Waals surface area contributed by atoms with E-state index in [1.165, 1.54) is 0 Å². The summed E-state index contributed by atoms with van der Waals surface area (Å²) in [4.78, 5) is 28.9. The summed E-state index contributed by atoms with van der Waals surface area (Å²) in [5.41, 5.74) is 13.2. The van der Waals surface area contributed by atoms with Crippen molar-refractivity contribution in [3.05, 3.63) is 35.4 Å². The van der Waals surface area contributed by atoms with Crippen LogP contribution in [0.1, 0.15) is 34.8 Å². The lowest BCUT2D eigenvalue weighted by Gasteiger charge is -2.43. The lowest BCUT2D eigenvalue weighted by molar-refractivity contribution is -0.155. The van der Waals surface area contributed by atoms with Crippen molar-refractivity contribution in [1.29, 1.82) is 0 Å². The van der Waals surface area contributed by atoms with Crippen molar-refractivity contribution >= 4 is 11.8 Å². The van der Waals surface area contributed by atoms with Gasteiger partial charge in [0.25, 0.3) is 5.91 Å². The molecule has 3 saturated heterocycles. The Balaban J connectivity index is 1.27. The molecule has 164 valence electrons. The van der Waals surface area contributed by atoms with E-state index in [9.17, 15) is 9.59 Å². The molecular formula is C21H32N6O3. The molecule has 0 aromatic heterocycles. The van der Waals surface area contributed by atoms with E-state index in [1.807, 2.05) is 24.3 Å². The largest absolute Gasteiger partial charge is 0.376 e. The number of hydrogen-bond donors (Lipinski definition) is 4. The Morgan fingerprint density at radius 1 is 1.07 bits per heavy atom. The molecule has 0 bridgehead atoms. The van der Waals surface area contributed by atoms with Gasteiger partial charge in [0.1, 0.15) is 5.54 Å². The van der Waals surface area contributed by atoms with Crippen LogP contribution in [0.5, 0.6) is 0 Å². The zero-order valence-electron chi connectivity index (χ0n) is 17.3. The second kappa shape index (κ2) is 8.99. The maximum Gasteiger partial charge on any atom is 0.253 e. The van der Waals surface area contributed by atoms with E-state index in [0.717, 1.165) is 31.5 Å². The number of rotatable bonds is 6. The van der Waals surface area contributed by atoms with E-state index in [2.05, 4.69) is 10.6 Å². The Labute approximate surface area is 177 Å². The van der Waals surface area contributed by atoms with E-state index in [4.69, 9.17) is 16.2 Å². The van der Waals surface area contributed by atoms with Gasteiger partial charge in [-0.1, -0.05) is 12.1 Å². The van der Waals surface area contributed by atoms with Crippen LogP contribution in [0.15, 0.2) is 24.3 Å². The second-order valence-electron chi connectivity index (χ2n) is 8.50. The molecule has 2 amide bonds. The van der Waals surface area contributed by atoms with E-state index in [-0.39, 0.29) is 31.1 Å². The van der Waals surface area contributed by atoms with Crippen LogP contribution in [0.3, 0.4) is 0 Å². The fourth-order valence-electron chi connectivity index (χ4n) is 4.21. The number of piperazine rings is 1. The molecule has 9 heteroatoms. The number of ether oxygens (including phenoxy) is 1. The number of nitrogens with two attached hydrogens (primary N) is 2. The van der Waals surface area contributed by atoms with Crippen LogP contribution in [0.4, 0.5) is 0 Å². The highest BCUT2D eigenvalue weighted by atomic mass is 16.5. The lowest BCUT2D eigenvalue weighted by Crippen LogP contribution is -2.68. The SMILES string of the molecule is NC(CCC1NCCN1)c1ccc(C(=O)N2CCN(C(=O)C3(N)COC3)CC2)cc1. The number of nitrogens with zero attached hydrogens (tertiary/aromatic N) is 2. The molecule has 4 rings (SSSR count). The summed E-state index contributed by atoms with van der Waals surface area (Å²) in [6.45, 7) is 4.54. The van der Waals surface area contributed by atoms with Crippen LogP contribution in [0, 0.1) is 0 Å². The minimum absolute atomic E-state index is 0.0176. The van der Waals surface area contributed by atoms with Gasteiger partial charge in [-0.2, -0.15) is 0 Å². The summed E-state index contributed by atoms with van der Waals surface area (Å²) < 4.78 is 5.08. The fourth-order valence-corrected chi connectivity index (χ4v) is 4.21. The van der Waals surface area contributed by atoms with Crippen LogP contribution >= 0.6 is 0 Å². The molecule has 0 radical (unpaired) electrons. The van der Waals surface area contributed by atoms with Crippen LogP contribution < -0.4 is 22.1 Å². The van der Waals surface area contributed by atoms with Crippen molar-refractivity contribution in [2.24, 2.45) is 11.5 Å². The molecule has 1 atom stereocenters. The van der Waals surface area contributed by atoms with Crippen LogP contribution in [-0.4, -0.2) is 85.8 Å². The van der Waals surface area contributed by atoms with Gasteiger partial charge in [-0.05, 0) is 30.5 Å². The van der Waals surface area contributed by atoms with Gasteiger partial charge >= 0.3 is 0 Å². The fraction of sp³-hybridized carbons (Fsp3) is 0.619. The Hall–Kier alpha value is -2.04. The Morgan fingerprint density at radius 3 is 2.23 bits per heavy atom. The number of amides is 2. The normalized spacial score (nSPS) is 22.6. The third kappa shape index (κ3) is 4.50. The average molecular weight is 417 g/mol. The number of benzene rings is 1. The van der Waals surface area contributed by atoms with Gasteiger partial charge < -0.3 is 36.6 Å². The molecule has 1 aromatic carbocycles. The predicted molar refractivity (Wildman–Crippen MR) is 113 cm³/mol. The number of nitrogens with one attached hydrogen (secondary N) is 2. The standard InChI is InChI=1S/C21H32N6O3/c22-17(5-6-18-24-7-8-25-18)15-1-3-16(4-2-15)19(28)26-9-11-27(12-10-26)20(29)21(23)13-30-14-21/h1-4,17-18,24-25H,5-14,22-23H2. The second-order valence-corrected chi connectivity index (χ2v) is 8.50. The Kier molecular flexibility index (Phi) is 6.35. The first kappa shape index (κ1) is 21.2. The maximum absolute atomic E-state index is 12.9. The smallest absolute Gasteiger partial charge is 0.253 e. The Bertz CT molecular complexity index is 753. The van der Waals surface area contributed by atoms with Gasteiger partial charge in [-0.25, -0.2) is 0 Å². The van der Waals surface area contributed by atoms with Crippen LogP contribution in [0.2, 0.25) is 0 Å². The highest BCUT2D eigenvalue weighted by Gasteiger charge is 2.45. The van der Waals surface area contributed by atoms with Crippen LogP contribution in [-0.2, 0) is 9.53 Å². The van der Waals surface area contributed by atoms with Crippen molar-refractivity contribution in [3.8, 4) is 0 Å². The highest BCUT2D eigenvalue weighted by Crippen LogP contribution is 2.20. The number of hydrogen-bond acceptors (Lipinski definition) is 7. The maximum atomic E-state index is 12.9.